The highest BCUT2D eigenvalue weighted by molar-refractivity contribution is 7.09. The lowest BCUT2D eigenvalue weighted by Crippen LogP contribution is -2.24. The van der Waals surface area contributed by atoms with E-state index >= 15 is 0 Å². The number of hydrogen-bond donors (Lipinski definition) is 1. The van der Waals surface area contributed by atoms with Gasteiger partial charge in [-0.25, -0.2) is 9.78 Å². The Morgan fingerprint density at radius 3 is 2.39 bits per heavy atom. The summed E-state index contributed by atoms with van der Waals surface area (Å²) < 4.78 is 5.47. The number of ketones is 1. The van der Waals surface area contributed by atoms with Crippen LogP contribution in [0.25, 0.3) is 0 Å². The van der Waals surface area contributed by atoms with Crippen LogP contribution in [0.3, 0.4) is 0 Å². The van der Waals surface area contributed by atoms with Gasteiger partial charge in [0.25, 0.3) is 0 Å². The first-order valence-corrected chi connectivity index (χ1v) is 12.4. The number of aromatic nitrogens is 1. The van der Waals surface area contributed by atoms with Crippen molar-refractivity contribution in [2.24, 2.45) is 0 Å². The smallest absolute Gasteiger partial charge is 0.339 e. The molecule has 0 aliphatic carbocycles. The summed E-state index contributed by atoms with van der Waals surface area (Å²) in [5, 5.41) is 5.28. The first kappa shape index (κ1) is 25.0. The SMILES string of the molecule is Cc1ccc(C)c(C(=O)c2ccccc2C(=O)OCc2csc(CC(=O)NCc3ccccc3)n2)c1. The second kappa shape index (κ2) is 11.6. The van der Waals surface area contributed by atoms with Gasteiger partial charge in [-0.05, 0) is 37.1 Å². The largest absolute Gasteiger partial charge is 0.456 e. The molecule has 7 heteroatoms. The molecule has 4 rings (SSSR count). The number of nitrogens with one attached hydrogen (secondary N) is 1. The topological polar surface area (TPSA) is 85.4 Å². The van der Waals surface area contributed by atoms with Crippen LogP contribution in [0.15, 0.2) is 78.2 Å². The first-order valence-electron chi connectivity index (χ1n) is 11.5. The van der Waals surface area contributed by atoms with Crippen LogP contribution in [0.5, 0.6) is 0 Å². The highest BCUT2D eigenvalue weighted by Crippen LogP contribution is 2.20. The van der Waals surface area contributed by atoms with Crippen molar-refractivity contribution < 1.29 is 19.1 Å². The number of benzene rings is 3. The molecule has 0 unspecified atom stereocenters. The van der Waals surface area contributed by atoms with Crippen molar-refractivity contribution in [1.82, 2.24) is 10.3 Å². The molecule has 4 aromatic rings. The minimum absolute atomic E-state index is 0.0486. The summed E-state index contributed by atoms with van der Waals surface area (Å²) in [6.07, 6.45) is 0.151. The number of carbonyl (C=O) groups excluding carboxylic acids is 3. The maximum atomic E-state index is 13.2. The lowest BCUT2D eigenvalue weighted by Gasteiger charge is -2.10. The highest BCUT2D eigenvalue weighted by Gasteiger charge is 2.21. The molecule has 0 spiro atoms. The number of carbonyl (C=O) groups is 3. The predicted molar refractivity (Wildman–Crippen MR) is 139 cm³/mol. The fourth-order valence-electron chi connectivity index (χ4n) is 3.69. The zero-order valence-electron chi connectivity index (χ0n) is 20.1. The van der Waals surface area contributed by atoms with Gasteiger partial charge < -0.3 is 10.1 Å². The average molecular weight is 499 g/mol. The summed E-state index contributed by atoms with van der Waals surface area (Å²) in [5.74, 6) is -0.948. The molecule has 0 saturated carbocycles. The summed E-state index contributed by atoms with van der Waals surface area (Å²) in [7, 11) is 0. The van der Waals surface area contributed by atoms with Gasteiger partial charge in [0, 0.05) is 23.1 Å². The lowest BCUT2D eigenvalue weighted by molar-refractivity contribution is -0.120. The molecule has 0 atom stereocenters. The molecular formula is C29H26N2O4S. The number of ether oxygens (including phenoxy) is 1. The molecule has 3 aromatic carbocycles. The molecule has 6 nitrogen and oxygen atoms in total. The van der Waals surface area contributed by atoms with E-state index in [0.717, 1.165) is 16.7 Å². The van der Waals surface area contributed by atoms with E-state index < -0.39 is 5.97 Å². The number of aryl methyl sites for hydroxylation is 2. The Labute approximate surface area is 214 Å². The number of esters is 1. The molecule has 1 heterocycles. The van der Waals surface area contributed by atoms with Crippen LogP contribution < -0.4 is 5.32 Å². The lowest BCUT2D eigenvalue weighted by atomic mass is 9.94. The summed E-state index contributed by atoms with van der Waals surface area (Å²) in [4.78, 5) is 42.7. The minimum atomic E-state index is -0.598. The molecule has 1 aromatic heterocycles. The number of amides is 1. The third-order valence-corrected chi connectivity index (χ3v) is 6.52. The van der Waals surface area contributed by atoms with Gasteiger partial charge in [0.1, 0.15) is 11.6 Å². The van der Waals surface area contributed by atoms with Crippen molar-refractivity contribution in [2.75, 3.05) is 0 Å². The van der Waals surface area contributed by atoms with Gasteiger partial charge in [-0.3, -0.25) is 9.59 Å². The Hall–Kier alpha value is -4.10. The van der Waals surface area contributed by atoms with Crippen molar-refractivity contribution in [3.05, 3.63) is 122 Å². The van der Waals surface area contributed by atoms with E-state index in [0.29, 0.717) is 28.4 Å². The zero-order valence-corrected chi connectivity index (χ0v) is 20.9. The molecule has 1 amide bonds. The van der Waals surface area contributed by atoms with Crippen molar-refractivity contribution >= 4 is 29.0 Å². The van der Waals surface area contributed by atoms with Gasteiger partial charge in [-0.15, -0.1) is 11.3 Å². The molecular weight excluding hydrogens is 472 g/mol. The Balaban J connectivity index is 1.36. The Kier molecular flexibility index (Phi) is 8.02. The molecule has 0 radical (unpaired) electrons. The zero-order chi connectivity index (χ0) is 25.5. The number of rotatable bonds is 9. The summed E-state index contributed by atoms with van der Waals surface area (Å²) >= 11 is 1.34. The Morgan fingerprint density at radius 2 is 1.61 bits per heavy atom. The van der Waals surface area contributed by atoms with Gasteiger partial charge >= 0.3 is 5.97 Å². The van der Waals surface area contributed by atoms with Crippen LogP contribution >= 0.6 is 11.3 Å². The normalized spacial score (nSPS) is 10.6. The van der Waals surface area contributed by atoms with Crippen molar-refractivity contribution in [3.8, 4) is 0 Å². The first-order chi connectivity index (χ1) is 17.4. The highest BCUT2D eigenvalue weighted by atomic mass is 32.1. The maximum Gasteiger partial charge on any atom is 0.339 e. The monoisotopic (exact) mass is 498 g/mol. The molecule has 1 N–H and O–H groups in total. The van der Waals surface area contributed by atoms with Crippen LogP contribution in [-0.2, 0) is 29.1 Å². The van der Waals surface area contributed by atoms with E-state index in [-0.39, 0.29) is 30.3 Å². The summed E-state index contributed by atoms with van der Waals surface area (Å²) in [5.41, 5.74) is 4.45. The van der Waals surface area contributed by atoms with Gasteiger partial charge in [0.2, 0.25) is 5.91 Å². The standard InChI is InChI=1S/C29H26N2O4S/c1-19-12-13-20(2)25(14-19)28(33)23-10-6-7-11-24(23)29(34)35-17-22-18-36-27(31-22)15-26(32)30-16-21-8-4-3-5-9-21/h3-14,18H,15-17H2,1-2H3,(H,30,32). The van der Waals surface area contributed by atoms with Crippen molar-refractivity contribution in [2.45, 2.75) is 33.4 Å². The van der Waals surface area contributed by atoms with E-state index in [1.54, 1.807) is 29.6 Å². The molecule has 0 saturated heterocycles. The van der Waals surface area contributed by atoms with E-state index in [4.69, 9.17) is 4.74 Å². The fourth-order valence-corrected chi connectivity index (χ4v) is 4.47. The average Bonchev–Trinajstić information content (AvgIpc) is 3.34. The quantitative estimate of drug-likeness (QED) is 0.253. The van der Waals surface area contributed by atoms with E-state index in [1.165, 1.54) is 11.3 Å². The van der Waals surface area contributed by atoms with Crippen LogP contribution in [0.2, 0.25) is 0 Å². The fraction of sp³-hybridized carbons (Fsp3) is 0.172. The van der Waals surface area contributed by atoms with E-state index in [1.807, 2.05) is 62.4 Å². The molecule has 182 valence electrons. The Morgan fingerprint density at radius 1 is 0.889 bits per heavy atom. The summed E-state index contributed by atoms with van der Waals surface area (Å²) in [6.45, 7) is 4.20. The maximum absolute atomic E-state index is 13.2. The third kappa shape index (κ3) is 6.31. The second-order valence-corrected chi connectivity index (χ2v) is 9.38. The number of thiazole rings is 1. The molecule has 0 fully saturated rings. The minimum Gasteiger partial charge on any atom is -0.456 e. The van der Waals surface area contributed by atoms with Gasteiger partial charge in [-0.2, -0.15) is 0 Å². The number of hydrogen-bond acceptors (Lipinski definition) is 6. The third-order valence-electron chi connectivity index (χ3n) is 5.62. The van der Waals surface area contributed by atoms with Gasteiger partial charge in [0.15, 0.2) is 5.78 Å². The molecule has 0 aliphatic rings. The Bertz CT molecular complexity index is 1400. The number of nitrogens with zero attached hydrogens (tertiary/aromatic N) is 1. The molecule has 0 bridgehead atoms. The van der Waals surface area contributed by atoms with E-state index in [9.17, 15) is 14.4 Å². The van der Waals surface area contributed by atoms with Gasteiger partial charge in [-0.1, -0.05) is 66.2 Å². The summed E-state index contributed by atoms with van der Waals surface area (Å²) in [6, 6.07) is 22.0. The second-order valence-electron chi connectivity index (χ2n) is 8.44. The van der Waals surface area contributed by atoms with Crippen LogP contribution in [0.1, 0.15) is 53.7 Å². The van der Waals surface area contributed by atoms with Crippen LogP contribution in [-0.4, -0.2) is 22.6 Å². The van der Waals surface area contributed by atoms with Crippen molar-refractivity contribution in [3.63, 3.8) is 0 Å². The predicted octanol–water partition coefficient (Wildman–Crippen LogP) is 5.21. The van der Waals surface area contributed by atoms with Crippen molar-refractivity contribution in [1.29, 1.82) is 0 Å². The van der Waals surface area contributed by atoms with Crippen LogP contribution in [0.4, 0.5) is 0 Å². The van der Waals surface area contributed by atoms with Gasteiger partial charge in [0.05, 0.1) is 17.7 Å². The molecule has 36 heavy (non-hydrogen) atoms. The van der Waals surface area contributed by atoms with Crippen LogP contribution in [0, 0.1) is 13.8 Å². The van der Waals surface area contributed by atoms with E-state index in [2.05, 4.69) is 10.3 Å². The molecule has 0 aliphatic heterocycles.